The number of hydrogen-bond donors (Lipinski definition) is 0. The van der Waals surface area contributed by atoms with Crippen molar-refractivity contribution in [2.75, 3.05) is 6.61 Å². The molecule has 0 aliphatic carbocycles. The number of hydrogen-bond acceptors (Lipinski definition) is 3. The monoisotopic (exact) mass is 432 g/mol. The van der Waals surface area contributed by atoms with Crippen LogP contribution in [-0.4, -0.2) is 12.6 Å². The van der Waals surface area contributed by atoms with Gasteiger partial charge in [0, 0.05) is 9.50 Å². The van der Waals surface area contributed by atoms with Crippen LogP contribution >= 0.6 is 43.5 Å². The van der Waals surface area contributed by atoms with E-state index in [2.05, 4.69) is 31.9 Å². The summed E-state index contributed by atoms with van der Waals surface area (Å²) in [5.41, 5.74) is 0.844. The number of carbonyl (C=O) groups excluding carboxylic acids is 1. The van der Waals surface area contributed by atoms with E-state index in [1.54, 1.807) is 24.3 Å². The number of benzene rings is 2. The lowest BCUT2D eigenvalue weighted by Gasteiger charge is -2.11. The molecule has 0 saturated heterocycles. The molecule has 0 aliphatic rings. The van der Waals surface area contributed by atoms with Crippen molar-refractivity contribution in [3.63, 3.8) is 0 Å². The number of rotatable bonds is 4. The minimum atomic E-state index is -0.476. The van der Waals surface area contributed by atoms with Gasteiger partial charge in [0.25, 0.3) is 0 Å². The van der Waals surface area contributed by atoms with Gasteiger partial charge in [0.15, 0.2) is 6.61 Å². The molecule has 3 nitrogen and oxygen atoms in total. The molecule has 0 bridgehead atoms. The normalized spacial score (nSPS) is 10.3. The average Bonchev–Trinajstić information content (AvgIpc) is 2.42. The van der Waals surface area contributed by atoms with E-state index in [1.165, 1.54) is 0 Å². The first-order valence-corrected chi connectivity index (χ1v) is 7.97. The van der Waals surface area contributed by atoms with Crippen LogP contribution in [0.2, 0.25) is 5.02 Å². The second kappa shape index (κ2) is 7.29. The highest BCUT2D eigenvalue weighted by Gasteiger charge is 2.12. The van der Waals surface area contributed by atoms with E-state index in [-0.39, 0.29) is 6.61 Å². The number of aryl methyl sites for hydroxylation is 1. The summed E-state index contributed by atoms with van der Waals surface area (Å²) >= 11 is 12.5. The zero-order valence-electron chi connectivity index (χ0n) is 11.0. The van der Waals surface area contributed by atoms with Crippen molar-refractivity contribution in [2.45, 2.75) is 6.92 Å². The van der Waals surface area contributed by atoms with Crippen LogP contribution in [0.5, 0.6) is 11.5 Å². The molecule has 0 aromatic heterocycles. The van der Waals surface area contributed by atoms with Gasteiger partial charge in [0.2, 0.25) is 0 Å². The Hall–Kier alpha value is -1.04. The molecule has 6 heteroatoms. The second-order valence-corrected chi connectivity index (χ2v) is 6.46. The molecule has 0 aliphatic heterocycles. The van der Waals surface area contributed by atoms with E-state index < -0.39 is 5.97 Å². The largest absolute Gasteiger partial charge is 0.482 e. The van der Waals surface area contributed by atoms with E-state index in [0.717, 1.165) is 10.0 Å². The van der Waals surface area contributed by atoms with Crippen LogP contribution in [0.3, 0.4) is 0 Å². The summed E-state index contributed by atoms with van der Waals surface area (Å²) < 4.78 is 12.3. The molecule has 2 aromatic carbocycles. The molecule has 0 radical (unpaired) electrons. The SMILES string of the molecule is Cc1cc(Br)cc(Br)c1OC(=O)COc1ccc(Cl)cc1. The van der Waals surface area contributed by atoms with Crippen LogP contribution in [0.1, 0.15) is 5.56 Å². The van der Waals surface area contributed by atoms with Crippen LogP contribution in [0.15, 0.2) is 45.3 Å². The molecule has 0 saturated carbocycles. The van der Waals surface area contributed by atoms with Gasteiger partial charge in [-0.15, -0.1) is 0 Å². The zero-order valence-corrected chi connectivity index (χ0v) is 15.0. The minimum Gasteiger partial charge on any atom is -0.482 e. The molecular weight excluding hydrogens is 423 g/mol. The Labute approximate surface area is 144 Å². The fourth-order valence-corrected chi connectivity index (χ4v) is 3.28. The van der Waals surface area contributed by atoms with Crippen molar-refractivity contribution in [3.8, 4) is 11.5 Å². The maximum Gasteiger partial charge on any atom is 0.349 e. The summed E-state index contributed by atoms with van der Waals surface area (Å²) in [5, 5.41) is 0.611. The Kier molecular flexibility index (Phi) is 5.67. The van der Waals surface area contributed by atoms with Crippen LogP contribution in [0.4, 0.5) is 0 Å². The molecule has 2 rings (SSSR count). The molecule has 0 fully saturated rings. The number of esters is 1. The summed E-state index contributed by atoms with van der Waals surface area (Å²) in [6, 6.07) is 10.4. The van der Waals surface area contributed by atoms with Gasteiger partial charge < -0.3 is 9.47 Å². The third-order valence-corrected chi connectivity index (χ3v) is 3.88. The van der Waals surface area contributed by atoms with Gasteiger partial charge in [-0.25, -0.2) is 4.79 Å². The van der Waals surface area contributed by atoms with E-state index in [9.17, 15) is 4.79 Å². The fourth-order valence-electron chi connectivity index (χ4n) is 1.63. The Morgan fingerprint density at radius 1 is 1.19 bits per heavy atom. The molecule has 0 spiro atoms. The van der Waals surface area contributed by atoms with Crippen LogP contribution in [0.25, 0.3) is 0 Å². The lowest BCUT2D eigenvalue weighted by atomic mass is 10.2. The fraction of sp³-hybridized carbons (Fsp3) is 0.133. The first-order chi connectivity index (χ1) is 9.95. The van der Waals surface area contributed by atoms with Gasteiger partial charge >= 0.3 is 5.97 Å². The molecule has 0 unspecified atom stereocenters. The van der Waals surface area contributed by atoms with Gasteiger partial charge in [-0.2, -0.15) is 0 Å². The molecule has 2 aromatic rings. The van der Waals surface area contributed by atoms with Crippen molar-refractivity contribution in [2.24, 2.45) is 0 Å². The molecule has 0 amide bonds. The highest BCUT2D eigenvalue weighted by atomic mass is 79.9. The molecule has 110 valence electrons. The first-order valence-electron chi connectivity index (χ1n) is 6.00. The van der Waals surface area contributed by atoms with E-state index >= 15 is 0 Å². The Morgan fingerprint density at radius 2 is 1.86 bits per heavy atom. The quantitative estimate of drug-likeness (QED) is 0.493. The first kappa shape index (κ1) is 16.3. The Morgan fingerprint density at radius 3 is 2.48 bits per heavy atom. The third kappa shape index (κ3) is 4.73. The highest BCUT2D eigenvalue weighted by Crippen LogP contribution is 2.32. The predicted octanol–water partition coefficient (Wildman–Crippen LogP) is 5.16. The van der Waals surface area contributed by atoms with Crippen LogP contribution in [-0.2, 0) is 4.79 Å². The highest BCUT2D eigenvalue weighted by molar-refractivity contribution is 9.11. The predicted molar refractivity (Wildman–Crippen MR) is 89.2 cm³/mol. The summed E-state index contributed by atoms with van der Waals surface area (Å²) in [6.07, 6.45) is 0. The average molecular weight is 435 g/mol. The molecule has 21 heavy (non-hydrogen) atoms. The smallest absolute Gasteiger partial charge is 0.349 e. The lowest BCUT2D eigenvalue weighted by molar-refractivity contribution is -0.136. The summed E-state index contributed by atoms with van der Waals surface area (Å²) in [7, 11) is 0. The zero-order chi connectivity index (χ0) is 15.4. The van der Waals surface area contributed by atoms with E-state index in [1.807, 2.05) is 19.1 Å². The van der Waals surface area contributed by atoms with Crippen LogP contribution < -0.4 is 9.47 Å². The van der Waals surface area contributed by atoms with Crippen molar-refractivity contribution in [1.82, 2.24) is 0 Å². The van der Waals surface area contributed by atoms with E-state index in [4.69, 9.17) is 21.1 Å². The third-order valence-electron chi connectivity index (χ3n) is 2.58. The van der Waals surface area contributed by atoms with Gasteiger partial charge in [0.1, 0.15) is 11.5 Å². The van der Waals surface area contributed by atoms with Gasteiger partial charge in [-0.3, -0.25) is 0 Å². The molecule has 0 heterocycles. The Balaban J connectivity index is 1.97. The van der Waals surface area contributed by atoms with Crippen molar-refractivity contribution < 1.29 is 14.3 Å². The minimum absolute atomic E-state index is 0.177. The van der Waals surface area contributed by atoms with Crippen LogP contribution in [0, 0.1) is 6.92 Å². The summed E-state index contributed by atoms with van der Waals surface area (Å²) in [5.74, 6) is 0.571. The van der Waals surface area contributed by atoms with Gasteiger partial charge in [-0.1, -0.05) is 27.5 Å². The number of carbonyl (C=O) groups is 1. The van der Waals surface area contributed by atoms with Gasteiger partial charge in [-0.05, 0) is 64.8 Å². The summed E-state index contributed by atoms with van der Waals surface area (Å²) in [6.45, 7) is 1.68. The maximum atomic E-state index is 11.8. The molecule has 0 N–H and O–H groups in total. The molecule has 0 atom stereocenters. The van der Waals surface area contributed by atoms with E-state index in [0.29, 0.717) is 21.0 Å². The second-order valence-electron chi connectivity index (χ2n) is 4.25. The topological polar surface area (TPSA) is 35.5 Å². The number of halogens is 3. The summed E-state index contributed by atoms with van der Waals surface area (Å²) in [4.78, 5) is 11.8. The molecular formula is C15H11Br2ClO3. The van der Waals surface area contributed by atoms with Crippen molar-refractivity contribution in [3.05, 3.63) is 55.9 Å². The number of ether oxygens (including phenoxy) is 2. The van der Waals surface area contributed by atoms with Gasteiger partial charge in [0.05, 0.1) is 4.47 Å². The van der Waals surface area contributed by atoms with Crippen molar-refractivity contribution >= 4 is 49.4 Å². The standard InChI is InChI=1S/C15H11Br2ClO3/c1-9-6-10(16)7-13(17)15(9)21-14(19)8-20-12-4-2-11(18)3-5-12/h2-7H,8H2,1H3. The Bertz CT molecular complexity index is 633. The van der Waals surface area contributed by atoms with Crippen molar-refractivity contribution in [1.29, 1.82) is 0 Å². The maximum absolute atomic E-state index is 11.8. The lowest BCUT2D eigenvalue weighted by Crippen LogP contribution is -2.18.